The van der Waals surface area contributed by atoms with Crippen molar-refractivity contribution in [3.05, 3.63) is 48.3 Å². The van der Waals surface area contributed by atoms with Crippen molar-refractivity contribution in [1.29, 1.82) is 0 Å². The first-order valence-electron chi connectivity index (χ1n) is 5.14. The molecule has 1 heterocycles. The van der Waals surface area contributed by atoms with Gasteiger partial charge in [-0.2, -0.15) is 5.10 Å². The number of nitrogens with zero attached hydrogens (tertiary/aromatic N) is 2. The zero-order chi connectivity index (χ0) is 11.6. The molecule has 3 N–H and O–H groups in total. The summed E-state index contributed by atoms with van der Waals surface area (Å²) in [6, 6.07) is 9.77. The zero-order valence-corrected chi connectivity index (χ0v) is 9.17. The molecule has 0 radical (unpaired) electrons. The maximum Gasteiger partial charge on any atom is 0.0651 e. The Morgan fingerprint density at radius 1 is 1.38 bits per heavy atom. The van der Waals surface area contributed by atoms with Gasteiger partial charge in [-0.15, -0.1) is 0 Å². The molecule has 0 saturated carbocycles. The van der Waals surface area contributed by atoms with Gasteiger partial charge in [0.25, 0.3) is 0 Å². The number of nitrogens with two attached hydrogens (primary N) is 1. The minimum atomic E-state index is -0.743. The van der Waals surface area contributed by atoms with Crippen molar-refractivity contribution in [3.8, 4) is 5.69 Å². The fraction of sp³-hybridized carbons (Fsp3) is 0.250. The third-order valence-corrected chi connectivity index (χ3v) is 2.59. The second-order valence-corrected chi connectivity index (χ2v) is 4.08. The average Bonchev–Trinajstić information content (AvgIpc) is 2.80. The maximum absolute atomic E-state index is 9.17. The van der Waals surface area contributed by atoms with Gasteiger partial charge in [-0.1, -0.05) is 18.2 Å². The van der Waals surface area contributed by atoms with Gasteiger partial charge in [0.05, 0.1) is 24.0 Å². The van der Waals surface area contributed by atoms with Crippen LogP contribution in [0.1, 0.15) is 12.5 Å². The van der Waals surface area contributed by atoms with Gasteiger partial charge in [0.1, 0.15) is 0 Å². The predicted molar refractivity (Wildman–Crippen MR) is 62.2 cm³/mol. The standard InChI is InChI=1S/C12H15N3O/c1-12(13,9-16)10-7-14-15(8-10)11-5-3-2-4-6-11/h2-8,16H,9,13H2,1H3. The van der Waals surface area contributed by atoms with Gasteiger partial charge >= 0.3 is 0 Å². The van der Waals surface area contributed by atoms with E-state index in [2.05, 4.69) is 5.10 Å². The summed E-state index contributed by atoms with van der Waals surface area (Å²) in [6.45, 7) is 1.67. The molecule has 0 saturated heterocycles. The van der Waals surface area contributed by atoms with Crippen LogP contribution in [-0.2, 0) is 5.54 Å². The van der Waals surface area contributed by atoms with E-state index in [1.54, 1.807) is 17.8 Å². The smallest absolute Gasteiger partial charge is 0.0651 e. The highest BCUT2D eigenvalue weighted by atomic mass is 16.3. The normalized spacial score (nSPS) is 14.7. The number of benzene rings is 1. The van der Waals surface area contributed by atoms with E-state index in [1.165, 1.54) is 0 Å². The lowest BCUT2D eigenvalue weighted by Crippen LogP contribution is -2.36. The first-order chi connectivity index (χ1) is 7.63. The van der Waals surface area contributed by atoms with Gasteiger partial charge in [-0.3, -0.25) is 0 Å². The Hall–Kier alpha value is -1.65. The fourth-order valence-electron chi connectivity index (χ4n) is 1.43. The van der Waals surface area contributed by atoms with E-state index < -0.39 is 5.54 Å². The van der Waals surface area contributed by atoms with Crippen molar-refractivity contribution in [2.45, 2.75) is 12.5 Å². The first-order valence-corrected chi connectivity index (χ1v) is 5.14. The molecule has 0 aliphatic rings. The third kappa shape index (κ3) is 1.98. The molecule has 1 atom stereocenters. The van der Waals surface area contributed by atoms with E-state index in [0.717, 1.165) is 11.3 Å². The second-order valence-electron chi connectivity index (χ2n) is 4.08. The van der Waals surface area contributed by atoms with Crippen LogP contribution in [0, 0.1) is 0 Å². The highest BCUT2D eigenvalue weighted by molar-refractivity contribution is 5.32. The Morgan fingerprint density at radius 3 is 2.69 bits per heavy atom. The van der Waals surface area contributed by atoms with Gasteiger partial charge in [0, 0.05) is 11.8 Å². The van der Waals surface area contributed by atoms with Gasteiger partial charge in [0.2, 0.25) is 0 Å². The summed E-state index contributed by atoms with van der Waals surface area (Å²) in [6.07, 6.45) is 3.52. The summed E-state index contributed by atoms with van der Waals surface area (Å²) in [5.74, 6) is 0. The van der Waals surface area contributed by atoms with E-state index in [-0.39, 0.29) is 6.61 Å². The van der Waals surface area contributed by atoms with Crippen LogP contribution in [-0.4, -0.2) is 21.5 Å². The number of para-hydroxylation sites is 1. The van der Waals surface area contributed by atoms with Crippen molar-refractivity contribution in [2.24, 2.45) is 5.73 Å². The fourth-order valence-corrected chi connectivity index (χ4v) is 1.43. The molecule has 2 aromatic rings. The third-order valence-electron chi connectivity index (χ3n) is 2.59. The Balaban J connectivity index is 2.34. The molecule has 4 nitrogen and oxygen atoms in total. The number of aliphatic hydroxyl groups is 1. The summed E-state index contributed by atoms with van der Waals surface area (Å²) < 4.78 is 1.75. The van der Waals surface area contributed by atoms with Crippen LogP contribution < -0.4 is 5.73 Å². The molecule has 0 amide bonds. The Labute approximate surface area is 94.3 Å². The Morgan fingerprint density at radius 2 is 2.06 bits per heavy atom. The molecule has 0 bridgehead atoms. The van der Waals surface area contributed by atoms with Gasteiger partial charge < -0.3 is 10.8 Å². The lowest BCUT2D eigenvalue weighted by molar-refractivity contribution is 0.210. The number of rotatable bonds is 3. The van der Waals surface area contributed by atoms with Gasteiger partial charge in [0.15, 0.2) is 0 Å². The Kier molecular flexibility index (Phi) is 2.77. The van der Waals surface area contributed by atoms with Crippen molar-refractivity contribution < 1.29 is 5.11 Å². The first kappa shape index (κ1) is 10.9. The molecule has 1 aromatic heterocycles. The molecule has 2 rings (SSSR count). The molecule has 0 aliphatic heterocycles. The van der Waals surface area contributed by atoms with Crippen LogP contribution in [0.4, 0.5) is 0 Å². The summed E-state index contributed by atoms with van der Waals surface area (Å²) >= 11 is 0. The molecular weight excluding hydrogens is 202 g/mol. The molecule has 84 valence electrons. The van der Waals surface area contributed by atoms with E-state index in [0.29, 0.717) is 0 Å². The van der Waals surface area contributed by atoms with Crippen molar-refractivity contribution >= 4 is 0 Å². The summed E-state index contributed by atoms with van der Waals surface area (Å²) in [5, 5.41) is 13.4. The SMILES string of the molecule is CC(N)(CO)c1cnn(-c2ccccc2)c1. The minimum Gasteiger partial charge on any atom is -0.394 e. The molecule has 1 aromatic carbocycles. The van der Waals surface area contributed by atoms with Gasteiger partial charge in [-0.25, -0.2) is 4.68 Å². The number of hydrogen-bond donors (Lipinski definition) is 2. The topological polar surface area (TPSA) is 64.1 Å². The number of hydrogen-bond acceptors (Lipinski definition) is 3. The summed E-state index contributed by atoms with van der Waals surface area (Å²) in [4.78, 5) is 0. The molecule has 4 heteroatoms. The molecule has 0 fully saturated rings. The monoisotopic (exact) mass is 217 g/mol. The van der Waals surface area contributed by atoms with Crippen molar-refractivity contribution in [3.63, 3.8) is 0 Å². The Bertz CT molecular complexity index is 462. The lowest BCUT2D eigenvalue weighted by atomic mass is 9.98. The lowest BCUT2D eigenvalue weighted by Gasteiger charge is -2.19. The van der Waals surface area contributed by atoms with Crippen LogP contribution in [0.25, 0.3) is 5.69 Å². The average molecular weight is 217 g/mol. The molecule has 16 heavy (non-hydrogen) atoms. The van der Waals surface area contributed by atoms with Crippen molar-refractivity contribution in [2.75, 3.05) is 6.61 Å². The molecule has 0 aliphatic carbocycles. The highest BCUT2D eigenvalue weighted by Gasteiger charge is 2.21. The predicted octanol–water partition coefficient (Wildman–Crippen LogP) is 1.04. The van der Waals surface area contributed by atoms with Crippen LogP contribution in [0.5, 0.6) is 0 Å². The molecule has 0 spiro atoms. The summed E-state index contributed by atoms with van der Waals surface area (Å²) in [5.41, 5.74) is 6.98. The highest BCUT2D eigenvalue weighted by Crippen LogP contribution is 2.17. The quantitative estimate of drug-likeness (QED) is 0.807. The van der Waals surface area contributed by atoms with Crippen LogP contribution >= 0.6 is 0 Å². The zero-order valence-electron chi connectivity index (χ0n) is 9.17. The maximum atomic E-state index is 9.17. The van der Waals surface area contributed by atoms with Crippen LogP contribution in [0.3, 0.4) is 0 Å². The molecule has 1 unspecified atom stereocenters. The molecular formula is C12H15N3O. The number of aromatic nitrogens is 2. The second kappa shape index (κ2) is 4.08. The van der Waals surface area contributed by atoms with Gasteiger partial charge in [-0.05, 0) is 19.1 Å². The summed E-state index contributed by atoms with van der Waals surface area (Å²) in [7, 11) is 0. The van der Waals surface area contributed by atoms with Crippen LogP contribution in [0.2, 0.25) is 0 Å². The van der Waals surface area contributed by atoms with E-state index in [1.807, 2.05) is 36.5 Å². The van der Waals surface area contributed by atoms with E-state index in [9.17, 15) is 0 Å². The largest absolute Gasteiger partial charge is 0.394 e. The number of aliphatic hydroxyl groups excluding tert-OH is 1. The van der Waals surface area contributed by atoms with E-state index >= 15 is 0 Å². The van der Waals surface area contributed by atoms with Crippen molar-refractivity contribution in [1.82, 2.24) is 9.78 Å². The minimum absolute atomic E-state index is 0.104. The van der Waals surface area contributed by atoms with Crippen LogP contribution in [0.15, 0.2) is 42.7 Å². The van der Waals surface area contributed by atoms with E-state index in [4.69, 9.17) is 10.8 Å².